The highest BCUT2D eigenvalue weighted by Crippen LogP contribution is 2.24. The van der Waals surface area contributed by atoms with Gasteiger partial charge in [0.1, 0.15) is 17.2 Å². The number of nitriles is 1. The van der Waals surface area contributed by atoms with Crippen LogP contribution in [0.15, 0.2) is 85.2 Å². The molecule has 10 heteroatoms. The van der Waals surface area contributed by atoms with Crippen LogP contribution in [0.3, 0.4) is 0 Å². The first-order chi connectivity index (χ1) is 20.4. The minimum Gasteiger partial charge on any atom is -0.497 e. The fraction of sp³-hybridized carbons (Fsp3) is 0.188. The van der Waals surface area contributed by atoms with E-state index < -0.39 is 5.91 Å². The van der Waals surface area contributed by atoms with Crippen molar-refractivity contribution in [3.8, 4) is 23.4 Å². The van der Waals surface area contributed by atoms with Crippen LogP contribution in [0, 0.1) is 17.2 Å². The highest BCUT2D eigenvalue weighted by Gasteiger charge is 2.29. The van der Waals surface area contributed by atoms with E-state index in [1.54, 1.807) is 78.7 Å². The van der Waals surface area contributed by atoms with Crippen molar-refractivity contribution in [2.75, 3.05) is 25.5 Å². The van der Waals surface area contributed by atoms with Crippen LogP contribution in [0.25, 0.3) is 0 Å². The molecule has 1 saturated heterocycles. The smallest absolute Gasteiger partial charge is 0.272 e. The minimum atomic E-state index is -0.401. The second-order valence-corrected chi connectivity index (χ2v) is 9.67. The number of hydrogen-bond donors (Lipinski definition) is 1. The molecule has 2 aromatic heterocycles. The SMILES string of the molecule is COc1ccc(C(=O)C2CCN(C(=O)c3ccc(C(=O)Nc4ccc(Oc5ccc(C#N)cc5)nc4)cn3)CC2)cc1. The van der Waals surface area contributed by atoms with Crippen molar-refractivity contribution >= 4 is 23.3 Å². The van der Waals surface area contributed by atoms with Gasteiger partial charge in [0, 0.05) is 36.8 Å². The predicted molar refractivity (Wildman–Crippen MR) is 154 cm³/mol. The Morgan fingerprint density at radius 3 is 2.14 bits per heavy atom. The van der Waals surface area contributed by atoms with Crippen LogP contribution in [0.1, 0.15) is 49.6 Å². The molecule has 0 unspecified atom stereocenters. The van der Waals surface area contributed by atoms with Gasteiger partial charge >= 0.3 is 0 Å². The number of carbonyl (C=O) groups excluding carboxylic acids is 3. The van der Waals surface area contributed by atoms with Gasteiger partial charge in [-0.3, -0.25) is 19.4 Å². The number of nitrogens with zero attached hydrogens (tertiary/aromatic N) is 4. The lowest BCUT2D eigenvalue weighted by atomic mass is 9.88. The molecular formula is C32H27N5O5. The number of piperidine rings is 1. The number of pyridine rings is 2. The van der Waals surface area contributed by atoms with E-state index in [2.05, 4.69) is 15.3 Å². The van der Waals surface area contributed by atoms with Gasteiger partial charge in [-0.1, -0.05) is 0 Å². The summed E-state index contributed by atoms with van der Waals surface area (Å²) < 4.78 is 10.8. The lowest BCUT2D eigenvalue weighted by molar-refractivity contribution is 0.0645. The number of likely N-dealkylation sites (tertiary alicyclic amines) is 1. The summed E-state index contributed by atoms with van der Waals surface area (Å²) in [4.78, 5) is 48.7. The zero-order valence-electron chi connectivity index (χ0n) is 22.8. The Labute approximate surface area is 242 Å². The molecule has 1 aliphatic rings. The maximum Gasteiger partial charge on any atom is 0.272 e. The highest BCUT2D eigenvalue weighted by molar-refractivity contribution is 6.04. The molecule has 0 atom stereocenters. The first kappa shape index (κ1) is 28.0. The largest absolute Gasteiger partial charge is 0.497 e. The predicted octanol–water partition coefficient (Wildman–Crippen LogP) is 5.14. The number of rotatable bonds is 8. The molecule has 0 saturated carbocycles. The molecule has 5 rings (SSSR count). The summed E-state index contributed by atoms with van der Waals surface area (Å²) in [5, 5.41) is 11.6. The van der Waals surface area contributed by atoms with Gasteiger partial charge < -0.3 is 19.7 Å². The fourth-order valence-electron chi connectivity index (χ4n) is 4.59. The first-order valence-corrected chi connectivity index (χ1v) is 13.3. The number of ketones is 1. The minimum absolute atomic E-state index is 0.0712. The van der Waals surface area contributed by atoms with Gasteiger partial charge in [-0.05, 0) is 79.6 Å². The van der Waals surface area contributed by atoms with Crippen molar-refractivity contribution in [2.45, 2.75) is 12.8 Å². The fourth-order valence-corrected chi connectivity index (χ4v) is 4.59. The number of amides is 2. The zero-order valence-corrected chi connectivity index (χ0v) is 22.8. The molecule has 0 aliphatic carbocycles. The number of anilines is 1. The summed E-state index contributed by atoms with van der Waals surface area (Å²) in [5.41, 5.74) is 2.14. The number of aromatic nitrogens is 2. The normalized spacial score (nSPS) is 13.1. The molecule has 2 aromatic carbocycles. The van der Waals surface area contributed by atoms with Crippen molar-refractivity contribution in [3.63, 3.8) is 0 Å². The Hall–Kier alpha value is -5.56. The van der Waals surface area contributed by atoms with Crippen LogP contribution >= 0.6 is 0 Å². The van der Waals surface area contributed by atoms with Crippen LogP contribution < -0.4 is 14.8 Å². The van der Waals surface area contributed by atoms with Crippen molar-refractivity contribution in [3.05, 3.63) is 108 Å². The van der Waals surface area contributed by atoms with Crippen LogP contribution in [-0.2, 0) is 0 Å². The molecule has 0 radical (unpaired) electrons. The molecule has 210 valence electrons. The number of hydrogen-bond acceptors (Lipinski definition) is 8. The standard InChI is InChI=1S/C32H27N5O5/c1-41-26-10-4-22(5-11-26)30(38)23-14-16-37(17-15-23)32(40)28-12-6-24(19-34-28)31(39)36-25-7-13-29(35-20-25)42-27-8-2-21(18-33)3-9-27/h2-13,19-20,23H,14-17H2,1H3,(H,36,39). The maximum absolute atomic E-state index is 13.0. The second-order valence-electron chi connectivity index (χ2n) is 9.67. The third-order valence-electron chi connectivity index (χ3n) is 6.97. The van der Waals surface area contributed by atoms with E-state index >= 15 is 0 Å². The second kappa shape index (κ2) is 12.7. The quantitative estimate of drug-likeness (QED) is 0.292. The third-order valence-corrected chi connectivity index (χ3v) is 6.97. The summed E-state index contributed by atoms with van der Waals surface area (Å²) in [5.74, 6) is 0.846. The van der Waals surface area contributed by atoms with Crippen molar-refractivity contribution in [2.24, 2.45) is 5.92 Å². The Balaban J connectivity index is 1.12. The highest BCUT2D eigenvalue weighted by atomic mass is 16.5. The first-order valence-electron chi connectivity index (χ1n) is 13.3. The van der Waals surface area contributed by atoms with E-state index in [-0.39, 0.29) is 28.9 Å². The average molecular weight is 562 g/mol. The third kappa shape index (κ3) is 6.59. The number of benzene rings is 2. The Bertz CT molecular complexity index is 1600. The zero-order chi connectivity index (χ0) is 29.5. The van der Waals surface area contributed by atoms with Crippen LogP contribution in [0.2, 0.25) is 0 Å². The van der Waals surface area contributed by atoms with Gasteiger partial charge in [0.15, 0.2) is 5.78 Å². The molecule has 3 heterocycles. The van der Waals surface area contributed by atoms with E-state index in [0.717, 1.165) is 0 Å². The molecular weight excluding hydrogens is 534 g/mol. The molecule has 1 aliphatic heterocycles. The molecule has 1 N–H and O–H groups in total. The number of methoxy groups -OCH3 is 1. The maximum atomic E-state index is 13.0. The average Bonchev–Trinajstić information content (AvgIpc) is 3.05. The van der Waals surface area contributed by atoms with E-state index in [1.165, 1.54) is 18.5 Å². The molecule has 0 bridgehead atoms. The van der Waals surface area contributed by atoms with Crippen molar-refractivity contribution in [1.82, 2.24) is 14.9 Å². The summed E-state index contributed by atoms with van der Waals surface area (Å²) in [6, 6.07) is 22.1. The van der Waals surface area contributed by atoms with E-state index in [1.807, 2.05) is 6.07 Å². The van der Waals surface area contributed by atoms with Gasteiger partial charge in [0.05, 0.1) is 36.2 Å². The Morgan fingerprint density at radius 2 is 1.55 bits per heavy atom. The molecule has 4 aromatic rings. The van der Waals surface area contributed by atoms with E-state index in [4.69, 9.17) is 14.7 Å². The van der Waals surface area contributed by atoms with Crippen LogP contribution in [0.5, 0.6) is 17.4 Å². The lowest BCUT2D eigenvalue weighted by Crippen LogP contribution is -2.40. The molecule has 10 nitrogen and oxygen atoms in total. The Kier molecular flexibility index (Phi) is 8.49. The van der Waals surface area contributed by atoms with Crippen molar-refractivity contribution in [1.29, 1.82) is 5.26 Å². The van der Waals surface area contributed by atoms with E-state index in [9.17, 15) is 14.4 Å². The van der Waals surface area contributed by atoms with Gasteiger partial charge in [0.2, 0.25) is 5.88 Å². The van der Waals surface area contributed by atoms with E-state index in [0.29, 0.717) is 60.1 Å². The van der Waals surface area contributed by atoms with Gasteiger partial charge in [-0.2, -0.15) is 5.26 Å². The van der Waals surface area contributed by atoms with Crippen LogP contribution in [0.4, 0.5) is 5.69 Å². The molecule has 42 heavy (non-hydrogen) atoms. The number of Topliss-reactive ketones (excluding diaryl/α,β-unsaturated/α-hetero) is 1. The monoisotopic (exact) mass is 561 g/mol. The topological polar surface area (TPSA) is 135 Å². The summed E-state index contributed by atoms with van der Waals surface area (Å²) in [6.45, 7) is 0.903. The van der Waals surface area contributed by atoms with Gasteiger partial charge in [-0.15, -0.1) is 0 Å². The summed E-state index contributed by atoms with van der Waals surface area (Å²) in [7, 11) is 1.58. The van der Waals surface area contributed by atoms with Crippen LogP contribution in [-0.4, -0.2) is 52.7 Å². The lowest BCUT2D eigenvalue weighted by Gasteiger charge is -2.31. The van der Waals surface area contributed by atoms with Gasteiger partial charge in [-0.25, -0.2) is 4.98 Å². The summed E-state index contributed by atoms with van der Waals surface area (Å²) in [6.07, 6.45) is 3.97. The number of nitrogens with one attached hydrogen (secondary N) is 1. The summed E-state index contributed by atoms with van der Waals surface area (Å²) >= 11 is 0. The molecule has 0 spiro atoms. The van der Waals surface area contributed by atoms with Crippen molar-refractivity contribution < 1.29 is 23.9 Å². The molecule has 1 fully saturated rings. The number of ether oxygens (including phenoxy) is 2. The molecule has 2 amide bonds. The number of carbonyl (C=O) groups is 3. The van der Waals surface area contributed by atoms with Gasteiger partial charge in [0.25, 0.3) is 11.8 Å². The Morgan fingerprint density at radius 1 is 0.857 bits per heavy atom.